The Morgan fingerprint density at radius 3 is 2.37 bits per heavy atom. The number of amides is 3. The molecule has 2 aromatic carbocycles. The van der Waals surface area contributed by atoms with Gasteiger partial charge in [-0.2, -0.15) is 0 Å². The largest absolute Gasteiger partial charge is 0.326 e. The number of carbonyl (C=O) groups is 3. The average Bonchev–Trinajstić information content (AvgIpc) is 2.99. The third-order valence-electron chi connectivity index (χ3n) is 4.75. The van der Waals surface area contributed by atoms with E-state index in [-0.39, 0.29) is 24.1 Å². The van der Waals surface area contributed by atoms with Gasteiger partial charge in [0.15, 0.2) is 0 Å². The van der Waals surface area contributed by atoms with Crippen LogP contribution in [0.2, 0.25) is 0 Å². The number of carbonyl (C=O) groups excluding carboxylic acids is 3. The SMILES string of the molecule is CC(=O)Nc1cccc(NC(=O)[C@@H]2CC(=O)N(c3ccc(C)c(C)c3)C2)c1. The Kier molecular flexibility index (Phi) is 5.26. The molecule has 1 heterocycles. The van der Waals surface area contributed by atoms with E-state index < -0.39 is 5.92 Å². The second-order valence-corrected chi connectivity index (χ2v) is 6.93. The maximum absolute atomic E-state index is 12.6. The van der Waals surface area contributed by atoms with Gasteiger partial charge in [-0.05, 0) is 55.3 Å². The molecule has 0 spiro atoms. The van der Waals surface area contributed by atoms with Gasteiger partial charge in [0.25, 0.3) is 0 Å². The maximum Gasteiger partial charge on any atom is 0.229 e. The number of hydrogen-bond donors (Lipinski definition) is 2. The molecular formula is C21H23N3O3. The van der Waals surface area contributed by atoms with Gasteiger partial charge >= 0.3 is 0 Å². The fourth-order valence-corrected chi connectivity index (χ4v) is 3.15. The number of benzene rings is 2. The number of anilines is 3. The van der Waals surface area contributed by atoms with Gasteiger partial charge in [0, 0.05) is 37.0 Å². The topological polar surface area (TPSA) is 78.5 Å². The number of hydrogen-bond acceptors (Lipinski definition) is 3. The minimum atomic E-state index is -0.413. The Morgan fingerprint density at radius 2 is 1.70 bits per heavy atom. The number of rotatable bonds is 4. The zero-order chi connectivity index (χ0) is 19.6. The van der Waals surface area contributed by atoms with Crippen LogP contribution in [0.15, 0.2) is 42.5 Å². The minimum absolute atomic E-state index is 0.0506. The van der Waals surface area contributed by atoms with Gasteiger partial charge < -0.3 is 15.5 Å². The molecule has 27 heavy (non-hydrogen) atoms. The van der Waals surface area contributed by atoms with E-state index in [0.29, 0.717) is 17.9 Å². The maximum atomic E-state index is 12.6. The second kappa shape index (κ2) is 7.61. The number of nitrogens with one attached hydrogen (secondary N) is 2. The van der Waals surface area contributed by atoms with Crippen molar-refractivity contribution in [2.45, 2.75) is 27.2 Å². The third-order valence-corrected chi connectivity index (χ3v) is 4.75. The first kappa shape index (κ1) is 18.6. The minimum Gasteiger partial charge on any atom is -0.326 e. The molecule has 3 rings (SSSR count). The van der Waals surface area contributed by atoms with Gasteiger partial charge in [0.2, 0.25) is 17.7 Å². The Bertz CT molecular complexity index is 907. The van der Waals surface area contributed by atoms with Crippen molar-refractivity contribution in [3.8, 4) is 0 Å². The Labute approximate surface area is 158 Å². The second-order valence-electron chi connectivity index (χ2n) is 6.93. The molecule has 0 aromatic heterocycles. The highest BCUT2D eigenvalue weighted by molar-refractivity contribution is 6.03. The van der Waals surface area contributed by atoms with Crippen molar-refractivity contribution >= 4 is 34.8 Å². The van der Waals surface area contributed by atoms with Gasteiger partial charge in [-0.25, -0.2) is 0 Å². The molecule has 1 fully saturated rings. The molecule has 1 aliphatic heterocycles. The van der Waals surface area contributed by atoms with Crippen LogP contribution < -0.4 is 15.5 Å². The molecule has 1 atom stereocenters. The quantitative estimate of drug-likeness (QED) is 0.873. The van der Waals surface area contributed by atoms with Crippen molar-refractivity contribution in [1.29, 1.82) is 0 Å². The first-order valence-corrected chi connectivity index (χ1v) is 8.89. The molecule has 140 valence electrons. The highest BCUT2D eigenvalue weighted by Crippen LogP contribution is 2.28. The fraction of sp³-hybridized carbons (Fsp3) is 0.286. The summed E-state index contributed by atoms with van der Waals surface area (Å²) >= 11 is 0. The number of aryl methyl sites for hydroxylation is 2. The van der Waals surface area contributed by atoms with Crippen LogP contribution in [-0.4, -0.2) is 24.3 Å². The summed E-state index contributed by atoms with van der Waals surface area (Å²) < 4.78 is 0. The van der Waals surface area contributed by atoms with E-state index in [1.807, 2.05) is 32.0 Å². The van der Waals surface area contributed by atoms with E-state index in [9.17, 15) is 14.4 Å². The molecule has 0 saturated carbocycles. The van der Waals surface area contributed by atoms with Crippen LogP contribution in [0.5, 0.6) is 0 Å². The van der Waals surface area contributed by atoms with Gasteiger partial charge in [-0.1, -0.05) is 12.1 Å². The van der Waals surface area contributed by atoms with Crippen LogP contribution in [0.1, 0.15) is 24.5 Å². The third kappa shape index (κ3) is 4.34. The molecule has 1 aliphatic rings. The zero-order valence-electron chi connectivity index (χ0n) is 15.7. The van der Waals surface area contributed by atoms with E-state index >= 15 is 0 Å². The van der Waals surface area contributed by atoms with Crippen molar-refractivity contribution in [2.24, 2.45) is 5.92 Å². The van der Waals surface area contributed by atoms with Gasteiger partial charge in [0.05, 0.1) is 5.92 Å². The summed E-state index contributed by atoms with van der Waals surface area (Å²) in [6.07, 6.45) is 0.185. The van der Waals surface area contributed by atoms with Crippen molar-refractivity contribution in [3.63, 3.8) is 0 Å². The summed E-state index contributed by atoms with van der Waals surface area (Å²) in [5.41, 5.74) is 4.30. The Morgan fingerprint density at radius 1 is 1.00 bits per heavy atom. The standard InChI is InChI=1S/C21H23N3O3/c1-13-7-8-19(9-14(13)2)24-12-16(10-20(24)26)21(27)23-18-6-4-5-17(11-18)22-15(3)25/h4-9,11,16H,10,12H2,1-3H3,(H,22,25)(H,23,27)/t16-/m1/s1. The molecule has 2 aromatic rings. The molecule has 6 nitrogen and oxygen atoms in total. The molecule has 0 bridgehead atoms. The lowest BCUT2D eigenvalue weighted by atomic mass is 10.1. The van der Waals surface area contributed by atoms with Crippen LogP contribution in [0.3, 0.4) is 0 Å². The van der Waals surface area contributed by atoms with Crippen LogP contribution in [-0.2, 0) is 14.4 Å². The first-order valence-electron chi connectivity index (χ1n) is 8.89. The van der Waals surface area contributed by atoms with E-state index in [0.717, 1.165) is 11.3 Å². The van der Waals surface area contributed by atoms with E-state index in [1.54, 1.807) is 29.2 Å². The lowest BCUT2D eigenvalue weighted by molar-refractivity contribution is -0.122. The molecule has 0 aliphatic carbocycles. The highest BCUT2D eigenvalue weighted by Gasteiger charge is 2.35. The summed E-state index contributed by atoms with van der Waals surface area (Å²) in [7, 11) is 0. The molecule has 6 heteroatoms. The Hall–Kier alpha value is -3.15. The molecule has 0 unspecified atom stereocenters. The van der Waals surface area contributed by atoms with Gasteiger partial charge in [0.1, 0.15) is 0 Å². The van der Waals surface area contributed by atoms with Crippen molar-refractivity contribution in [2.75, 3.05) is 22.1 Å². The van der Waals surface area contributed by atoms with E-state index in [4.69, 9.17) is 0 Å². The molecule has 0 radical (unpaired) electrons. The normalized spacial score (nSPS) is 16.3. The highest BCUT2D eigenvalue weighted by atomic mass is 16.2. The van der Waals surface area contributed by atoms with E-state index in [1.165, 1.54) is 12.5 Å². The molecular weight excluding hydrogens is 342 g/mol. The predicted molar refractivity (Wildman–Crippen MR) is 106 cm³/mol. The van der Waals surface area contributed by atoms with Gasteiger partial charge in [-0.3, -0.25) is 14.4 Å². The lowest BCUT2D eigenvalue weighted by Gasteiger charge is -2.18. The van der Waals surface area contributed by atoms with Crippen molar-refractivity contribution in [1.82, 2.24) is 0 Å². The number of nitrogens with zero attached hydrogens (tertiary/aromatic N) is 1. The van der Waals surface area contributed by atoms with Crippen LogP contribution in [0.25, 0.3) is 0 Å². The predicted octanol–water partition coefficient (Wildman–Crippen LogP) is 3.25. The van der Waals surface area contributed by atoms with Crippen LogP contribution in [0.4, 0.5) is 17.1 Å². The van der Waals surface area contributed by atoms with Crippen molar-refractivity contribution in [3.05, 3.63) is 53.6 Å². The summed E-state index contributed by atoms with van der Waals surface area (Å²) in [5, 5.41) is 5.52. The average molecular weight is 365 g/mol. The first-order chi connectivity index (χ1) is 12.8. The van der Waals surface area contributed by atoms with Crippen LogP contribution >= 0.6 is 0 Å². The summed E-state index contributed by atoms with van der Waals surface area (Å²) in [4.78, 5) is 37.9. The Balaban J connectivity index is 1.69. The zero-order valence-corrected chi connectivity index (χ0v) is 15.7. The van der Waals surface area contributed by atoms with Gasteiger partial charge in [-0.15, -0.1) is 0 Å². The summed E-state index contributed by atoms with van der Waals surface area (Å²) in [6.45, 7) is 5.82. The smallest absolute Gasteiger partial charge is 0.229 e. The fourth-order valence-electron chi connectivity index (χ4n) is 3.15. The molecule has 2 N–H and O–H groups in total. The van der Waals surface area contributed by atoms with Crippen molar-refractivity contribution < 1.29 is 14.4 Å². The van der Waals surface area contributed by atoms with Crippen LogP contribution in [0, 0.1) is 19.8 Å². The molecule has 3 amide bonds. The summed E-state index contributed by atoms with van der Waals surface area (Å²) in [6, 6.07) is 12.8. The summed E-state index contributed by atoms with van der Waals surface area (Å²) in [5.74, 6) is -0.840. The monoisotopic (exact) mass is 365 g/mol. The van der Waals surface area contributed by atoms with E-state index in [2.05, 4.69) is 10.6 Å². The lowest BCUT2D eigenvalue weighted by Crippen LogP contribution is -2.28. The molecule has 1 saturated heterocycles.